The molecule has 1 aromatic rings. The maximum Gasteiger partial charge on any atom is 0.325 e. The number of hydrogen-bond acceptors (Lipinski definition) is 3. The second-order valence-electron chi connectivity index (χ2n) is 5.84. The van der Waals surface area contributed by atoms with Crippen molar-refractivity contribution >= 4 is 11.9 Å². The van der Waals surface area contributed by atoms with E-state index in [9.17, 15) is 9.59 Å². The monoisotopic (exact) mass is 287 g/mol. The van der Waals surface area contributed by atoms with Gasteiger partial charge in [-0.25, -0.2) is 4.79 Å². The van der Waals surface area contributed by atoms with Gasteiger partial charge in [0, 0.05) is 13.1 Å². The Morgan fingerprint density at radius 2 is 2.00 bits per heavy atom. The summed E-state index contributed by atoms with van der Waals surface area (Å²) in [6.45, 7) is 1.95. The Labute approximate surface area is 124 Å². The van der Waals surface area contributed by atoms with Gasteiger partial charge < -0.3 is 10.6 Å². The highest BCUT2D eigenvalue weighted by Crippen LogP contribution is 2.25. The molecule has 21 heavy (non-hydrogen) atoms. The van der Waals surface area contributed by atoms with Gasteiger partial charge in [-0.2, -0.15) is 0 Å². The van der Waals surface area contributed by atoms with Crippen LogP contribution in [0.4, 0.5) is 4.79 Å². The summed E-state index contributed by atoms with van der Waals surface area (Å²) in [5, 5.41) is 6.10. The molecule has 0 radical (unpaired) electrons. The summed E-state index contributed by atoms with van der Waals surface area (Å²) in [5.41, 5.74) is 0.542. The number of imide groups is 1. The zero-order valence-corrected chi connectivity index (χ0v) is 12.1. The van der Waals surface area contributed by atoms with E-state index in [-0.39, 0.29) is 11.9 Å². The third kappa shape index (κ3) is 2.78. The van der Waals surface area contributed by atoms with Crippen LogP contribution in [0.1, 0.15) is 24.8 Å². The van der Waals surface area contributed by atoms with E-state index < -0.39 is 5.54 Å². The van der Waals surface area contributed by atoms with Crippen LogP contribution in [0.5, 0.6) is 0 Å². The minimum absolute atomic E-state index is 0.0623. The highest BCUT2D eigenvalue weighted by atomic mass is 16.2. The Kier molecular flexibility index (Phi) is 3.92. The Morgan fingerprint density at radius 1 is 1.19 bits per heavy atom. The number of benzene rings is 1. The van der Waals surface area contributed by atoms with Gasteiger partial charge in [0.1, 0.15) is 5.54 Å². The van der Waals surface area contributed by atoms with Crippen LogP contribution in [0, 0.1) is 0 Å². The molecule has 0 bridgehead atoms. The molecule has 5 nitrogen and oxygen atoms in total. The first kappa shape index (κ1) is 14.1. The lowest BCUT2D eigenvalue weighted by atomic mass is 9.90. The van der Waals surface area contributed by atoms with Gasteiger partial charge in [-0.3, -0.25) is 9.69 Å². The van der Waals surface area contributed by atoms with Gasteiger partial charge >= 0.3 is 6.03 Å². The molecule has 1 atom stereocenters. The molecule has 2 heterocycles. The van der Waals surface area contributed by atoms with Crippen molar-refractivity contribution in [2.24, 2.45) is 0 Å². The first-order valence-corrected chi connectivity index (χ1v) is 7.60. The lowest BCUT2D eigenvalue weighted by Crippen LogP contribution is -2.57. The van der Waals surface area contributed by atoms with Crippen molar-refractivity contribution in [3.63, 3.8) is 0 Å². The molecular weight excluding hydrogens is 266 g/mol. The van der Waals surface area contributed by atoms with Gasteiger partial charge in [-0.05, 0) is 37.8 Å². The molecule has 2 N–H and O–H groups in total. The topological polar surface area (TPSA) is 61.4 Å². The van der Waals surface area contributed by atoms with Gasteiger partial charge in [-0.1, -0.05) is 30.3 Å². The maximum atomic E-state index is 12.5. The third-order valence-corrected chi connectivity index (χ3v) is 4.32. The largest absolute Gasteiger partial charge is 0.325 e. The van der Waals surface area contributed by atoms with Gasteiger partial charge in [-0.15, -0.1) is 0 Å². The number of piperidine rings is 1. The molecule has 0 aromatic heterocycles. The number of carbonyl (C=O) groups excluding carboxylic acids is 2. The summed E-state index contributed by atoms with van der Waals surface area (Å²) in [5.74, 6) is -0.0623. The maximum absolute atomic E-state index is 12.5. The number of amides is 3. The predicted molar refractivity (Wildman–Crippen MR) is 79.8 cm³/mol. The second-order valence-corrected chi connectivity index (χ2v) is 5.84. The minimum atomic E-state index is -0.692. The second kappa shape index (κ2) is 5.85. The molecule has 2 aliphatic heterocycles. The first-order chi connectivity index (χ1) is 10.2. The molecular formula is C16H21N3O2. The van der Waals surface area contributed by atoms with Crippen LogP contribution in [0.25, 0.3) is 0 Å². The minimum Gasteiger partial charge on any atom is -0.322 e. The molecule has 2 saturated heterocycles. The number of nitrogens with one attached hydrogen (secondary N) is 2. The fourth-order valence-corrected chi connectivity index (χ4v) is 3.16. The molecule has 3 rings (SSSR count). The number of rotatable bonds is 4. The number of hydrogen-bond donors (Lipinski definition) is 2. The van der Waals surface area contributed by atoms with Crippen LogP contribution in [0.2, 0.25) is 0 Å². The fourth-order valence-electron chi connectivity index (χ4n) is 3.16. The van der Waals surface area contributed by atoms with Gasteiger partial charge in [0.05, 0.1) is 0 Å². The van der Waals surface area contributed by atoms with Crippen LogP contribution < -0.4 is 10.6 Å². The normalized spacial score (nSPS) is 25.4. The molecule has 5 heteroatoms. The number of carbonyl (C=O) groups is 2. The van der Waals surface area contributed by atoms with Crippen LogP contribution >= 0.6 is 0 Å². The standard InChI is InChI=1S/C16H21N3O2/c20-14-16(9-5-10-17-12-16)18-15(21)19(14)11-4-8-13-6-2-1-3-7-13/h1-3,6-7,17H,4-5,8-12H2,(H,18,21). The molecule has 1 unspecified atom stereocenters. The van der Waals surface area contributed by atoms with Crippen molar-refractivity contribution in [2.45, 2.75) is 31.2 Å². The van der Waals surface area contributed by atoms with E-state index in [1.165, 1.54) is 10.5 Å². The van der Waals surface area contributed by atoms with E-state index in [0.29, 0.717) is 13.1 Å². The summed E-state index contributed by atoms with van der Waals surface area (Å²) in [6, 6.07) is 9.89. The Hall–Kier alpha value is -1.88. The Balaban J connectivity index is 1.58. The third-order valence-electron chi connectivity index (χ3n) is 4.32. The number of urea groups is 1. The van der Waals surface area contributed by atoms with Crippen molar-refractivity contribution in [3.05, 3.63) is 35.9 Å². The summed E-state index contributed by atoms with van der Waals surface area (Å²) in [4.78, 5) is 26.0. The number of aryl methyl sites for hydroxylation is 1. The van der Waals surface area contributed by atoms with Crippen molar-refractivity contribution in [3.8, 4) is 0 Å². The summed E-state index contributed by atoms with van der Waals surface area (Å²) in [6.07, 6.45) is 3.33. The van der Waals surface area contributed by atoms with Crippen molar-refractivity contribution < 1.29 is 9.59 Å². The number of nitrogens with zero attached hydrogens (tertiary/aromatic N) is 1. The summed E-state index contributed by atoms with van der Waals surface area (Å²) < 4.78 is 0. The zero-order chi connectivity index (χ0) is 14.7. The SMILES string of the molecule is O=C1NC2(CCCNC2)C(=O)N1CCCc1ccccc1. The van der Waals surface area contributed by atoms with Gasteiger partial charge in [0.2, 0.25) is 0 Å². The van der Waals surface area contributed by atoms with Crippen molar-refractivity contribution in [2.75, 3.05) is 19.6 Å². The van der Waals surface area contributed by atoms with E-state index in [0.717, 1.165) is 32.2 Å². The summed E-state index contributed by atoms with van der Waals surface area (Å²) >= 11 is 0. The molecule has 1 spiro atoms. The van der Waals surface area contributed by atoms with E-state index in [2.05, 4.69) is 22.8 Å². The van der Waals surface area contributed by atoms with E-state index in [1.54, 1.807) is 0 Å². The van der Waals surface area contributed by atoms with E-state index in [1.807, 2.05) is 18.2 Å². The summed E-state index contributed by atoms with van der Waals surface area (Å²) in [7, 11) is 0. The average molecular weight is 287 g/mol. The van der Waals surface area contributed by atoms with Crippen LogP contribution in [0.15, 0.2) is 30.3 Å². The van der Waals surface area contributed by atoms with E-state index in [4.69, 9.17) is 0 Å². The molecule has 1 aromatic carbocycles. The quantitative estimate of drug-likeness (QED) is 0.820. The van der Waals surface area contributed by atoms with Crippen molar-refractivity contribution in [1.82, 2.24) is 15.5 Å². The predicted octanol–water partition coefficient (Wildman–Crippen LogP) is 1.29. The molecule has 0 aliphatic carbocycles. The highest BCUT2D eigenvalue weighted by Gasteiger charge is 2.51. The lowest BCUT2D eigenvalue weighted by molar-refractivity contribution is -0.131. The fraction of sp³-hybridized carbons (Fsp3) is 0.500. The van der Waals surface area contributed by atoms with Crippen LogP contribution in [-0.4, -0.2) is 42.0 Å². The van der Waals surface area contributed by atoms with Crippen molar-refractivity contribution in [1.29, 1.82) is 0 Å². The molecule has 2 fully saturated rings. The Morgan fingerprint density at radius 3 is 2.71 bits per heavy atom. The molecule has 112 valence electrons. The van der Waals surface area contributed by atoms with E-state index >= 15 is 0 Å². The van der Waals surface area contributed by atoms with Crippen LogP contribution in [-0.2, 0) is 11.2 Å². The lowest BCUT2D eigenvalue weighted by Gasteiger charge is -2.31. The van der Waals surface area contributed by atoms with Gasteiger partial charge in [0.15, 0.2) is 0 Å². The molecule has 2 aliphatic rings. The first-order valence-electron chi connectivity index (χ1n) is 7.60. The Bertz CT molecular complexity index is 524. The smallest absolute Gasteiger partial charge is 0.322 e. The van der Waals surface area contributed by atoms with Crippen LogP contribution in [0.3, 0.4) is 0 Å². The zero-order valence-electron chi connectivity index (χ0n) is 12.1. The van der Waals surface area contributed by atoms with Gasteiger partial charge in [0.25, 0.3) is 5.91 Å². The average Bonchev–Trinajstić information content (AvgIpc) is 2.73. The molecule has 0 saturated carbocycles. The molecule has 3 amide bonds. The highest BCUT2D eigenvalue weighted by molar-refractivity contribution is 6.07.